The van der Waals surface area contributed by atoms with Crippen LogP contribution >= 0.6 is 0 Å². The highest BCUT2D eigenvalue weighted by Gasteiger charge is 2.35. The van der Waals surface area contributed by atoms with Crippen LogP contribution in [-0.2, 0) is 9.53 Å². The van der Waals surface area contributed by atoms with Crippen LogP contribution in [0.25, 0.3) is 0 Å². The van der Waals surface area contributed by atoms with Crippen LogP contribution in [0.15, 0.2) is 0 Å². The molecule has 0 spiro atoms. The van der Waals surface area contributed by atoms with E-state index in [2.05, 4.69) is 24.2 Å². The van der Waals surface area contributed by atoms with Crippen LogP contribution in [0.4, 0.5) is 0 Å². The lowest BCUT2D eigenvalue weighted by molar-refractivity contribution is -0.135. The van der Waals surface area contributed by atoms with Crippen molar-refractivity contribution < 1.29 is 9.53 Å². The second-order valence-corrected chi connectivity index (χ2v) is 5.94. The number of nitrogens with one attached hydrogen (secondary N) is 1. The van der Waals surface area contributed by atoms with E-state index < -0.39 is 0 Å². The predicted octanol–water partition coefficient (Wildman–Crippen LogP) is 0.0210. The van der Waals surface area contributed by atoms with E-state index >= 15 is 0 Å². The van der Waals surface area contributed by atoms with Crippen molar-refractivity contribution in [1.82, 2.24) is 15.1 Å². The Balaban J connectivity index is 1.84. The van der Waals surface area contributed by atoms with Crippen molar-refractivity contribution >= 4 is 5.91 Å². The number of likely N-dealkylation sites (tertiary alicyclic amines) is 1. The monoisotopic (exact) mass is 269 g/mol. The summed E-state index contributed by atoms with van der Waals surface area (Å²) in [5.74, 6) is 0.848. The molecule has 1 amide bonds. The van der Waals surface area contributed by atoms with E-state index in [1.807, 2.05) is 11.9 Å². The molecular formula is C14H27N3O2. The van der Waals surface area contributed by atoms with Crippen molar-refractivity contribution in [3.05, 3.63) is 0 Å². The van der Waals surface area contributed by atoms with E-state index in [0.29, 0.717) is 19.1 Å². The first-order chi connectivity index (χ1) is 9.11. The lowest BCUT2D eigenvalue weighted by atomic mass is 10.0. The molecule has 0 aromatic carbocycles. The zero-order chi connectivity index (χ0) is 13.8. The van der Waals surface area contributed by atoms with Gasteiger partial charge in [0.15, 0.2) is 0 Å². The van der Waals surface area contributed by atoms with Crippen molar-refractivity contribution in [3.63, 3.8) is 0 Å². The van der Waals surface area contributed by atoms with Crippen LogP contribution in [0, 0.1) is 11.8 Å². The van der Waals surface area contributed by atoms with Gasteiger partial charge in [-0.15, -0.1) is 0 Å². The standard InChI is InChI=1S/C14H27N3O2/c1-4-15-13-10-19-9-12(13)14(18)17(3)8-11-5-6-16(2)7-11/h11-13,15H,4-10H2,1-3H3. The Morgan fingerprint density at radius 3 is 2.89 bits per heavy atom. The molecule has 110 valence electrons. The number of carbonyl (C=O) groups excluding carboxylic acids is 1. The van der Waals surface area contributed by atoms with Gasteiger partial charge in [0.25, 0.3) is 0 Å². The van der Waals surface area contributed by atoms with Crippen molar-refractivity contribution in [2.75, 3.05) is 53.5 Å². The molecule has 1 N–H and O–H groups in total. The molecule has 2 aliphatic rings. The molecule has 0 radical (unpaired) electrons. The number of hydrogen-bond donors (Lipinski definition) is 1. The number of ether oxygens (including phenoxy) is 1. The molecule has 0 saturated carbocycles. The molecule has 5 heteroatoms. The summed E-state index contributed by atoms with van der Waals surface area (Å²) < 4.78 is 5.46. The van der Waals surface area contributed by atoms with Gasteiger partial charge in [-0.25, -0.2) is 0 Å². The first-order valence-electron chi connectivity index (χ1n) is 7.36. The summed E-state index contributed by atoms with van der Waals surface area (Å²) >= 11 is 0. The summed E-state index contributed by atoms with van der Waals surface area (Å²) in [5, 5.41) is 3.35. The molecule has 2 saturated heterocycles. The third-order valence-corrected chi connectivity index (χ3v) is 4.26. The Kier molecular flexibility index (Phi) is 5.19. The van der Waals surface area contributed by atoms with Crippen LogP contribution in [-0.4, -0.2) is 75.2 Å². The topological polar surface area (TPSA) is 44.8 Å². The largest absolute Gasteiger partial charge is 0.379 e. The zero-order valence-electron chi connectivity index (χ0n) is 12.4. The van der Waals surface area contributed by atoms with E-state index in [1.54, 1.807) is 0 Å². The van der Waals surface area contributed by atoms with Gasteiger partial charge in [-0.1, -0.05) is 6.92 Å². The highest BCUT2D eigenvalue weighted by atomic mass is 16.5. The van der Waals surface area contributed by atoms with E-state index in [4.69, 9.17) is 4.74 Å². The van der Waals surface area contributed by atoms with Crippen LogP contribution in [0.5, 0.6) is 0 Å². The maximum Gasteiger partial charge on any atom is 0.229 e. The molecule has 2 aliphatic heterocycles. The molecule has 3 atom stereocenters. The molecule has 0 aromatic rings. The van der Waals surface area contributed by atoms with Crippen LogP contribution < -0.4 is 5.32 Å². The number of likely N-dealkylation sites (N-methyl/N-ethyl adjacent to an activating group) is 1. The van der Waals surface area contributed by atoms with E-state index in [9.17, 15) is 4.79 Å². The third kappa shape index (κ3) is 3.68. The minimum Gasteiger partial charge on any atom is -0.379 e. The fraction of sp³-hybridized carbons (Fsp3) is 0.929. The van der Waals surface area contributed by atoms with Gasteiger partial charge in [-0.3, -0.25) is 4.79 Å². The van der Waals surface area contributed by atoms with Gasteiger partial charge in [0.2, 0.25) is 5.91 Å². The smallest absolute Gasteiger partial charge is 0.229 e. The average molecular weight is 269 g/mol. The van der Waals surface area contributed by atoms with Crippen LogP contribution in [0.3, 0.4) is 0 Å². The summed E-state index contributed by atoms with van der Waals surface area (Å²) in [6, 6.07) is 0.186. The van der Waals surface area contributed by atoms with Gasteiger partial charge in [-0.2, -0.15) is 0 Å². The second kappa shape index (κ2) is 6.68. The summed E-state index contributed by atoms with van der Waals surface area (Å²) in [6.07, 6.45) is 1.20. The molecular weight excluding hydrogens is 242 g/mol. The number of nitrogens with zero attached hydrogens (tertiary/aromatic N) is 2. The van der Waals surface area contributed by atoms with Gasteiger partial charge in [0.1, 0.15) is 0 Å². The van der Waals surface area contributed by atoms with Crippen molar-refractivity contribution in [2.45, 2.75) is 19.4 Å². The summed E-state index contributed by atoms with van der Waals surface area (Å²) in [7, 11) is 4.08. The van der Waals surface area contributed by atoms with Crippen LogP contribution in [0.2, 0.25) is 0 Å². The average Bonchev–Trinajstić information content (AvgIpc) is 2.98. The van der Waals surface area contributed by atoms with E-state index in [0.717, 1.165) is 26.2 Å². The number of rotatable bonds is 5. The van der Waals surface area contributed by atoms with E-state index in [-0.39, 0.29) is 17.9 Å². The van der Waals surface area contributed by atoms with Gasteiger partial charge >= 0.3 is 0 Å². The minimum atomic E-state index is -0.0101. The molecule has 0 aromatic heterocycles. The molecule has 2 rings (SSSR count). The highest BCUT2D eigenvalue weighted by Crippen LogP contribution is 2.19. The first-order valence-corrected chi connectivity index (χ1v) is 7.36. The lowest BCUT2D eigenvalue weighted by Crippen LogP contribution is -2.45. The van der Waals surface area contributed by atoms with Crippen molar-refractivity contribution in [1.29, 1.82) is 0 Å². The minimum absolute atomic E-state index is 0.0101. The normalized spacial score (nSPS) is 31.8. The van der Waals surface area contributed by atoms with Gasteiger partial charge in [0, 0.05) is 26.2 Å². The molecule has 3 unspecified atom stereocenters. The summed E-state index contributed by atoms with van der Waals surface area (Å²) in [5.41, 5.74) is 0. The molecule has 2 fully saturated rings. The van der Waals surface area contributed by atoms with Gasteiger partial charge < -0.3 is 19.9 Å². The van der Waals surface area contributed by atoms with Crippen molar-refractivity contribution in [3.8, 4) is 0 Å². The maximum absolute atomic E-state index is 12.5. The molecule has 0 aliphatic carbocycles. The van der Waals surface area contributed by atoms with Gasteiger partial charge in [0.05, 0.1) is 19.1 Å². The quantitative estimate of drug-likeness (QED) is 0.764. The Morgan fingerprint density at radius 1 is 1.47 bits per heavy atom. The molecule has 0 bridgehead atoms. The summed E-state index contributed by atoms with van der Waals surface area (Å²) in [6.45, 7) is 7.30. The SMILES string of the molecule is CCNC1COCC1C(=O)N(C)CC1CCN(C)C1. The Hall–Kier alpha value is -0.650. The van der Waals surface area contributed by atoms with Crippen molar-refractivity contribution in [2.24, 2.45) is 11.8 Å². The molecule has 19 heavy (non-hydrogen) atoms. The predicted molar refractivity (Wildman–Crippen MR) is 75.0 cm³/mol. The van der Waals surface area contributed by atoms with E-state index in [1.165, 1.54) is 6.42 Å². The lowest BCUT2D eigenvalue weighted by Gasteiger charge is -2.26. The molecule has 5 nitrogen and oxygen atoms in total. The van der Waals surface area contributed by atoms with Crippen LogP contribution in [0.1, 0.15) is 13.3 Å². The third-order valence-electron chi connectivity index (χ3n) is 4.26. The maximum atomic E-state index is 12.5. The Bertz CT molecular complexity index is 311. The fourth-order valence-electron chi connectivity index (χ4n) is 3.20. The second-order valence-electron chi connectivity index (χ2n) is 5.94. The number of hydrogen-bond acceptors (Lipinski definition) is 4. The Labute approximate surface area is 116 Å². The Morgan fingerprint density at radius 2 is 2.26 bits per heavy atom. The first kappa shape index (κ1) is 14.8. The highest BCUT2D eigenvalue weighted by molar-refractivity contribution is 5.79. The van der Waals surface area contributed by atoms with Gasteiger partial charge in [-0.05, 0) is 32.5 Å². The fourth-order valence-corrected chi connectivity index (χ4v) is 3.20. The number of amides is 1. The zero-order valence-corrected chi connectivity index (χ0v) is 12.4. The number of carbonyl (C=O) groups is 1. The summed E-state index contributed by atoms with van der Waals surface area (Å²) in [4.78, 5) is 16.7. The molecule has 2 heterocycles.